The van der Waals surface area contributed by atoms with Crippen LogP contribution in [-0.2, 0) is 0 Å². The maximum Gasteiger partial charge on any atom is 0.145 e. The van der Waals surface area contributed by atoms with Crippen molar-refractivity contribution in [2.45, 2.75) is 12.3 Å². The Kier molecular flexibility index (Phi) is 5.63. The lowest BCUT2D eigenvalue weighted by molar-refractivity contribution is 0.870. The molecule has 41 heavy (non-hydrogen) atoms. The first-order valence-corrected chi connectivity index (χ1v) is 14.3. The van der Waals surface area contributed by atoms with Gasteiger partial charge in [-0.15, -0.1) is 0 Å². The van der Waals surface area contributed by atoms with E-state index in [4.69, 9.17) is 4.98 Å². The highest BCUT2D eigenvalue weighted by molar-refractivity contribution is 6.15. The third-order valence-electron chi connectivity index (χ3n) is 8.31. The van der Waals surface area contributed by atoms with E-state index >= 15 is 0 Å². The molecule has 2 heteroatoms. The van der Waals surface area contributed by atoms with E-state index in [1.165, 1.54) is 38.2 Å². The molecule has 1 aromatic heterocycles. The molecule has 8 rings (SSSR count). The molecule has 7 aromatic rings. The van der Waals surface area contributed by atoms with Crippen molar-refractivity contribution in [2.24, 2.45) is 0 Å². The van der Waals surface area contributed by atoms with Crippen LogP contribution in [0.5, 0.6) is 0 Å². The zero-order chi connectivity index (χ0) is 27.2. The molecule has 1 unspecified atom stereocenters. The molecule has 0 amide bonds. The van der Waals surface area contributed by atoms with Crippen LogP contribution in [0.25, 0.3) is 60.8 Å². The van der Waals surface area contributed by atoms with Gasteiger partial charge in [0.15, 0.2) is 0 Å². The lowest BCUT2D eigenvalue weighted by Crippen LogP contribution is -2.01. The van der Waals surface area contributed by atoms with Crippen LogP contribution in [0.3, 0.4) is 0 Å². The predicted octanol–water partition coefficient (Wildman–Crippen LogP) is 10.3. The number of imidazole rings is 1. The van der Waals surface area contributed by atoms with Crippen LogP contribution in [0, 0.1) is 0 Å². The van der Waals surface area contributed by atoms with Crippen molar-refractivity contribution in [3.8, 4) is 28.2 Å². The summed E-state index contributed by atoms with van der Waals surface area (Å²) in [5.41, 5.74) is 8.20. The molecule has 0 N–H and O–H groups in total. The van der Waals surface area contributed by atoms with Crippen LogP contribution in [0.2, 0.25) is 0 Å². The van der Waals surface area contributed by atoms with E-state index < -0.39 is 0 Å². The monoisotopic (exact) mass is 524 g/mol. The Bertz CT molecular complexity index is 2070. The number of nitrogens with zero attached hydrogens (tertiary/aromatic N) is 2. The van der Waals surface area contributed by atoms with Crippen molar-refractivity contribution in [1.29, 1.82) is 0 Å². The Balaban J connectivity index is 1.39. The summed E-state index contributed by atoms with van der Waals surface area (Å²) in [4.78, 5) is 5.14. The number of rotatable bonds is 4. The molecular formula is C39H28N2. The zero-order valence-corrected chi connectivity index (χ0v) is 22.6. The van der Waals surface area contributed by atoms with E-state index in [1.54, 1.807) is 0 Å². The van der Waals surface area contributed by atoms with Crippen LogP contribution < -0.4 is 0 Å². The summed E-state index contributed by atoms with van der Waals surface area (Å²) in [5, 5.41) is 5.23. The maximum absolute atomic E-state index is 5.14. The molecule has 6 aromatic carbocycles. The predicted molar refractivity (Wildman–Crippen MR) is 173 cm³/mol. The third kappa shape index (κ3) is 3.91. The van der Waals surface area contributed by atoms with Gasteiger partial charge in [-0.25, -0.2) is 4.98 Å². The second-order valence-corrected chi connectivity index (χ2v) is 10.7. The average molecular weight is 525 g/mol. The highest BCUT2D eigenvalue weighted by Crippen LogP contribution is 2.44. The smallest absolute Gasteiger partial charge is 0.145 e. The minimum absolute atomic E-state index is 0.362. The summed E-state index contributed by atoms with van der Waals surface area (Å²) in [6, 6.07) is 45.7. The van der Waals surface area contributed by atoms with Crippen molar-refractivity contribution >= 4 is 32.6 Å². The topological polar surface area (TPSA) is 17.8 Å². The minimum Gasteiger partial charge on any atom is -0.292 e. The largest absolute Gasteiger partial charge is 0.292 e. The second-order valence-electron chi connectivity index (χ2n) is 10.7. The highest BCUT2D eigenvalue weighted by atomic mass is 15.1. The first-order valence-electron chi connectivity index (χ1n) is 14.3. The van der Waals surface area contributed by atoms with Gasteiger partial charge in [0.1, 0.15) is 5.82 Å². The van der Waals surface area contributed by atoms with Crippen molar-refractivity contribution in [1.82, 2.24) is 9.55 Å². The molecule has 1 aliphatic carbocycles. The van der Waals surface area contributed by atoms with Gasteiger partial charge in [0, 0.05) is 17.2 Å². The zero-order valence-electron chi connectivity index (χ0n) is 22.6. The Morgan fingerprint density at radius 1 is 0.585 bits per heavy atom. The highest BCUT2D eigenvalue weighted by Gasteiger charge is 2.21. The maximum atomic E-state index is 5.14. The van der Waals surface area contributed by atoms with Gasteiger partial charge >= 0.3 is 0 Å². The molecule has 0 saturated carbocycles. The molecule has 0 aliphatic heterocycles. The number of para-hydroxylation sites is 3. The first-order chi connectivity index (χ1) is 20.4. The second kappa shape index (κ2) is 9.76. The number of aromatic nitrogens is 2. The summed E-state index contributed by atoms with van der Waals surface area (Å²) in [6.07, 6.45) is 10.00. The molecular weight excluding hydrogens is 496 g/mol. The van der Waals surface area contributed by atoms with Crippen LogP contribution in [0.15, 0.2) is 152 Å². The fraction of sp³-hybridized carbons (Fsp3) is 0.0513. The van der Waals surface area contributed by atoms with E-state index in [0.717, 1.165) is 34.5 Å². The number of hydrogen-bond acceptors (Lipinski definition) is 1. The lowest BCUT2D eigenvalue weighted by Gasteiger charge is -2.22. The van der Waals surface area contributed by atoms with Crippen LogP contribution >= 0.6 is 0 Å². The Labute approximate surface area is 239 Å². The van der Waals surface area contributed by atoms with E-state index in [9.17, 15) is 0 Å². The molecule has 194 valence electrons. The normalized spacial score (nSPS) is 14.8. The van der Waals surface area contributed by atoms with Crippen LogP contribution in [0.4, 0.5) is 0 Å². The molecule has 0 bridgehead atoms. The number of hydrogen-bond donors (Lipinski definition) is 0. The summed E-state index contributed by atoms with van der Waals surface area (Å²) >= 11 is 0. The molecule has 2 nitrogen and oxygen atoms in total. The van der Waals surface area contributed by atoms with Crippen molar-refractivity contribution in [3.63, 3.8) is 0 Å². The number of allylic oxidation sites excluding steroid dienone is 4. The van der Waals surface area contributed by atoms with Gasteiger partial charge in [-0.2, -0.15) is 0 Å². The van der Waals surface area contributed by atoms with Gasteiger partial charge in [-0.1, -0.05) is 121 Å². The summed E-state index contributed by atoms with van der Waals surface area (Å²) in [6.45, 7) is 0. The Morgan fingerprint density at radius 3 is 1.98 bits per heavy atom. The third-order valence-corrected chi connectivity index (χ3v) is 8.31. The van der Waals surface area contributed by atoms with Crippen LogP contribution in [-0.4, -0.2) is 9.55 Å². The standard InChI is InChI=1S/C39H28N2/c1-3-14-27(15-4-1)37-31-20-7-9-22-33(31)38(34-23-10-8-21-32(34)37)28-16-13-17-29(26-28)39-40-35-24-11-12-25-36(35)41(39)30-18-5-2-6-19-30/h1-14,16-27H,15H2. The molecule has 0 radical (unpaired) electrons. The number of fused-ring (bicyclic) bond motifs is 3. The van der Waals surface area contributed by atoms with E-state index in [-0.39, 0.29) is 0 Å². The molecule has 0 spiro atoms. The van der Waals surface area contributed by atoms with Gasteiger partial charge in [0.2, 0.25) is 0 Å². The minimum atomic E-state index is 0.362. The van der Waals surface area contributed by atoms with E-state index in [1.807, 2.05) is 0 Å². The fourth-order valence-electron chi connectivity index (χ4n) is 6.54. The van der Waals surface area contributed by atoms with Gasteiger partial charge < -0.3 is 0 Å². The molecule has 1 heterocycles. The van der Waals surface area contributed by atoms with Gasteiger partial charge in [-0.3, -0.25) is 4.57 Å². The van der Waals surface area contributed by atoms with Crippen molar-refractivity contribution < 1.29 is 0 Å². The summed E-state index contributed by atoms with van der Waals surface area (Å²) in [7, 11) is 0. The van der Waals surface area contributed by atoms with Crippen LogP contribution in [0.1, 0.15) is 17.9 Å². The molecule has 0 saturated heterocycles. The summed E-state index contributed by atoms with van der Waals surface area (Å²) in [5.74, 6) is 1.31. The molecule has 1 aliphatic rings. The lowest BCUT2D eigenvalue weighted by atomic mass is 9.81. The molecule has 1 atom stereocenters. The van der Waals surface area contributed by atoms with Gasteiger partial charge in [0.05, 0.1) is 11.0 Å². The van der Waals surface area contributed by atoms with Gasteiger partial charge in [0.25, 0.3) is 0 Å². The van der Waals surface area contributed by atoms with E-state index in [0.29, 0.717) is 5.92 Å². The van der Waals surface area contributed by atoms with E-state index in [2.05, 4.69) is 156 Å². The molecule has 0 fully saturated rings. The van der Waals surface area contributed by atoms with Crippen molar-refractivity contribution in [2.75, 3.05) is 0 Å². The SMILES string of the molecule is C1=CCC(c2c3ccccc3c(-c3cccc(-c4nc5ccccc5n4-c4ccccc4)c3)c3ccccc23)C=C1. The van der Waals surface area contributed by atoms with Gasteiger partial charge in [-0.05, 0) is 75.0 Å². The first kappa shape index (κ1) is 23.7. The quantitative estimate of drug-likeness (QED) is 0.209. The Hall–Kier alpha value is -5.21. The fourth-order valence-corrected chi connectivity index (χ4v) is 6.54. The Morgan fingerprint density at radius 2 is 1.24 bits per heavy atom. The summed E-state index contributed by atoms with van der Waals surface area (Å²) < 4.78 is 2.27. The number of benzene rings is 6. The average Bonchev–Trinajstić information content (AvgIpc) is 3.44. The van der Waals surface area contributed by atoms with Crippen molar-refractivity contribution in [3.05, 3.63) is 157 Å².